The van der Waals surface area contributed by atoms with E-state index in [-0.39, 0.29) is 5.02 Å². The van der Waals surface area contributed by atoms with Crippen LogP contribution in [0.1, 0.15) is 18.1 Å². The van der Waals surface area contributed by atoms with Crippen LogP contribution < -0.4 is 10.3 Å². The van der Waals surface area contributed by atoms with Crippen LogP contribution in [0.5, 0.6) is 11.5 Å². The van der Waals surface area contributed by atoms with E-state index in [1.54, 1.807) is 24.4 Å². The van der Waals surface area contributed by atoms with Crippen LogP contribution in [-0.4, -0.2) is 4.98 Å². The summed E-state index contributed by atoms with van der Waals surface area (Å²) in [4.78, 5) is 14.1. The highest BCUT2D eigenvalue weighted by molar-refractivity contribution is 14.1. The van der Waals surface area contributed by atoms with Crippen molar-refractivity contribution in [3.05, 3.63) is 54.5 Å². The molecule has 0 saturated carbocycles. The minimum atomic E-state index is -0.398. The van der Waals surface area contributed by atoms with E-state index in [1.807, 2.05) is 6.92 Å². The molecule has 1 aromatic carbocycles. The summed E-state index contributed by atoms with van der Waals surface area (Å²) in [6.45, 7) is 1.94. The van der Waals surface area contributed by atoms with Crippen LogP contribution in [0.15, 0.2) is 29.2 Å². The van der Waals surface area contributed by atoms with Gasteiger partial charge >= 0.3 is 0 Å². The molecule has 0 fully saturated rings. The Morgan fingerprint density at radius 1 is 1.45 bits per heavy atom. The normalized spacial score (nSPS) is 10.1. The first kappa shape index (κ1) is 14.9. The number of nitrogens with one attached hydrogen (secondary N) is 1. The van der Waals surface area contributed by atoms with Gasteiger partial charge in [-0.1, -0.05) is 18.5 Å². The molecule has 0 spiro atoms. The van der Waals surface area contributed by atoms with Crippen LogP contribution in [0, 0.1) is 14.9 Å². The zero-order chi connectivity index (χ0) is 14.7. The van der Waals surface area contributed by atoms with Crippen molar-refractivity contribution in [3.63, 3.8) is 0 Å². The second kappa shape index (κ2) is 6.29. The van der Waals surface area contributed by atoms with Crippen molar-refractivity contribution in [1.82, 2.24) is 4.98 Å². The van der Waals surface area contributed by atoms with Gasteiger partial charge in [-0.2, -0.15) is 5.26 Å². The number of rotatable bonds is 3. The first-order valence-electron chi connectivity index (χ1n) is 5.83. The minimum absolute atomic E-state index is 0.0155. The lowest BCUT2D eigenvalue weighted by atomic mass is 10.2. The number of aromatic nitrogens is 1. The molecule has 0 unspecified atom stereocenters. The number of nitriles is 1. The van der Waals surface area contributed by atoms with Crippen LogP contribution in [0.3, 0.4) is 0 Å². The third kappa shape index (κ3) is 3.14. The van der Waals surface area contributed by atoms with Gasteiger partial charge < -0.3 is 9.72 Å². The molecule has 0 radical (unpaired) electrons. The molecule has 0 aliphatic heterocycles. The Kier molecular flexibility index (Phi) is 4.68. The second-order valence-corrected chi connectivity index (χ2v) is 5.65. The molecule has 2 aromatic rings. The van der Waals surface area contributed by atoms with Crippen molar-refractivity contribution in [2.45, 2.75) is 13.3 Å². The number of ether oxygens (including phenoxy) is 1. The summed E-state index contributed by atoms with van der Waals surface area (Å²) < 4.78 is 6.60. The van der Waals surface area contributed by atoms with Crippen LogP contribution in [0.4, 0.5) is 0 Å². The first-order chi connectivity index (χ1) is 9.55. The average molecular weight is 401 g/mol. The molecule has 2 rings (SSSR count). The summed E-state index contributed by atoms with van der Waals surface area (Å²) in [5.74, 6) is 0.819. The van der Waals surface area contributed by atoms with Gasteiger partial charge in [-0.25, -0.2) is 0 Å². The zero-order valence-electron chi connectivity index (χ0n) is 10.5. The van der Waals surface area contributed by atoms with E-state index in [1.165, 1.54) is 0 Å². The van der Waals surface area contributed by atoms with Crippen LogP contribution in [0.25, 0.3) is 0 Å². The molecule has 102 valence electrons. The van der Waals surface area contributed by atoms with Crippen molar-refractivity contribution in [2.75, 3.05) is 0 Å². The molecule has 1 aromatic heterocycles. The maximum atomic E-state index is 11.6. The SMILES string of the molecule is CCc1c[nH]c(=O)c(Cl)c1Oc1cc(I)cc(C#N)c1. The number of aromatic amines is 1. The van der Waals surface area contributed by atoms with E-state index >= 15 is 0 Å². The number of H-pyrrole nitrogens is 1. The van der Waals surface area contributed by atoms with Gasteiger partial charge in [0.05, 0.1) is 11.6 Å². The van der Waals surface area contributed by atoms with E-state index in [0.29, 0.717) is 23.5 Å². The Labute approximate surface area is 134 Å². The number of halogens is 2. The Hall–Kier alpha value is -1.52. The molecule has 0 saturated heterocycles. The molecule has 0 bridgehead atoms. The van der Waals surface area contributed by atoms with Gasteiger partial charge in [0, 0.05) is 15.3 Å². The summed E-state index contributed by atoms with van der Waals surface area (Å²) in [7, 11) is 0. The van der Waals surface area contributed by atoms with Gasteiger partial charge in [-0.15, -0.1) is 0 Å². The standard InChI is InChI=1S/C14H10ClIN2O2/c1-2-9-7-18-14(19)12(15)13(9)20-11-4-8(6-17)3-10(16)5-11/h3-5,7H,2H2,1H3,(H,18,19). The summed E-state index contributed by atoms with van der Waals surface area (Å²) in [6.07, 6.45) is 2.25. The van der Waals surface area contributed by atoms with Crippen molar-refractivity contribution in [1.29, 1.82) is 5.26 Å². The van der Waals surface area contributed by atoms with Crippen LogP contribution >= 0.6 is 34.2 Å². The molecule has 0 amide bonds. The fourth-order valence-electron chi connectivity index (χ4n) is 1.70. The summed E-state index contributed by atoms with van der Waals surface area (Å²) >= 11 is 8.10. The van der Waals surface area contributed by atoms with Crippen molar-refractivity contribution < 1.29 is 4.74 Å². The van der Waals surface area contributed by atoms with E-state index in [4.69, 9.17) is 21.6 Å². The van der Waals surface area contributed by atoms with E-state index < -0.39 is 5.56 Å². The summed E-state index contributed by atoms with van der Waals surface area (Å²) in [5, 5.41) is 8.98. The molecule has 1 N–H and O–H groups in total. The third-order valence-corrected chi connectivity index (χ3v) is 3.64. The van der Waals surface area contributed by atoms with Gasteiger partial charge in [-0.3, -0.25) is 4.79 Å². The Morgan fingerprint density at radius 2 is 2.20 bits per heavy atom. The van der Waals surface area contributed by atoms with Crippen LogP contribution in [0.2, 0.25) is 5.02 Å². The Balaban J connectivity index is 2.50. The molecule has 1 heterocycles. The number of pyridine rings is 1. The molecule has 4 nitrogen and oxygen atoms in total. The zero-order valence-corrected chi connectivity index (χ0v) is 13.4. The minimum Gasteiger partial charge on any atom is -0.455 e. The number of nitrogens with zero attached hydrogens (tertiary/aromatic N) is 1. The van der Waals surface area contributed by atoms with Gasteiger partial charge in [-0.05, 0) is 47.2 Å². The second-order valence-electron chi connectivity index (χ2n) is 4.03. The highest BCUT2D eigenvalue weighted by Gasteiger charge is 2.13. The smallest absolute Gasteiger partial charge is 0.270 e. The maximum absolute atomic E-state index is 11.6. The maximum Gasteiger partial charge on any atom is 0.270 e. The predicted octanol–water partition coefficient (Wildman–Crippen LogP) is 3.86. The average Bonchev–Trinajstić information content (AvgIpc) is 2.43. The topological polar surface area (TPSA) is 65.9 Å². The van der Waals surface area contributed by atoms with Crippen LogP contribution in [-0.2, 0) is 6.42 Å². The molecule has 0 aliphatic carbocycles. The quantitative estimate of drug-likeness (QED) is 0.796. The molecule has 0 atom stereocenters. The number of benzene rings is 1. The lowest BCUT2D eigenvalue weighted by molar-refractivity contribution is 0.475. The highest BCUT2D eigenvalue weighted by atomic mass is 127. The van der Waals surface area contributed by atoms with E-state index in [9.17, 15) is 4.79 Å². The monoisotopic (exact) mass is 400 g/mol. The number of hydrogen-bond acceptors (Lipinski definition) is 3. The van der Waals surface area contributed by atoms with Crippen molar-refractivity contribution in [2.24, 2.45) is 0 Å². The third-order valence-electron chi connectivity index (χ3n) is 2.67. The van der Waals surface area contributed by atoms with E-state index in [2.05, 4.69) is 33.6 Å². The number of hydrogen-bond donors (Lipinski definition) is 1. The van der Waals surface area contributed by atoms with Gasteiger partial charge in [0.1, 0.15) is 10.8 Å². The summed E-state index contributed by atoms with van der Waals surface area (Å²) in [6, 6.07) is 7.19. The first-order valence-corrected chi connectivity index (χ1v) is 7.29. The number of aryl methyl sites for hydroxylation is 1. The van der Waals surface area contributed by atoms with Crippen molar-refractivity contribution in [3.8, 4) is 17.6 Å². The van der Waals surface area contributed by atoms with E-state index in [0.717, 1.165) is 9.13 Å². The molecule has 0 aliphatic rings. The Morgan fingerprint density at radius 3 is 2.85 bits per heavy atom. The molecular formula is C14H10ClIN2O2. The summed E-state index contributed by atoms with van der Waals surface area (Å²) in [5.41, 5.74) is 0.892. The predicted molar refractivity (Wildman–Crippen MR) is 85.4 cm³/mol. The highest BCUT2D eigenvalue weighted by Crippen LogP contribution is 2.31. The molecule has 6 heteroatoms. The lowest BCUT2D eigenvalue weighted by Gasteiger charge is -2.11. The van der Waals surface area contributed by atoms with Gasteiger partial charge in [0.25, 0.3) is 5.56 Å². The fourth-order valence-corrected chi connectivity index (χ4v) is 2.56. The van der Waals surface area contributed by atoms with Crippen molar-refractivity contribution >= 4 is 34.2 Å². The molecule has 20 heavy (non-hydrogen) atoms. The van der Waals surface area contributed by atoms with Gasteiger partial charge in [0.2, 0.25) is 0 Å². The Bertz CT molecular complexity index is 750. The lowest BCUT2D eigenvalue weighted by Crippen LogP contribution is -2.09. The van der Waals surface area contributed by atoms with Gasteiger partial charge in [0.15, 0.2) is 5.75 Å². The fraction of sp³-hybridized carbons (Fsp3) is 0.143. The molecular weight excluding hydrogens is 391 g/mol. The largest absolute Gasteiger partial charge is 0.455 e.